The van der Waals surface area contributed by atoms with E-state index in [1.807, 2.05) is 65.5 Å². The number of carbonyl (C=O) groups is 1. The van der Waals surface area contributed by atoms with Crippen molar-refractivity contribution >= 4 is 5.91 Å². The van der Waals surface area contributed by atoms with Crippen molar-refractivity contribution in [1.82, 2.24) is 14.8 Å². The van der Waals surface area contributed by atoms with Gasteiger partial charge in [-0.05, 0) is 74.5 Å². The second-order valence-electron chi connectivity index (χ2n) is 6.62. The van der Waals surface area contributed by atoms with Crippen molar-refractivity contribution in [3.8, 4) is 5.69 Å². The van der Waals surface area contributed by atoms with Gasteiger partial charge in [-0.15, -0.1) is 0 Å². The lowest BCUT2D eigenvalue weighted by Crippen LogP contribution is -2.36. The van der Waals surface area contributed by atoms with E-state index >= 15 is 0 Å². The molecule has 1 aromatic carbocycles. The third-order valence-corrected chi connectivity index (χ3v) is 4.94. The number of amides is 1. The van der Waals surface area contributed by atoms with Gasteiger partial charge < -0.3 is 14.3 Å². The van der Waals surface area contributed by atoms with Gasteiger partial charge in [-0.25, -0.2) is 0 Å². The lowest BCUT2D eigenvalue weighted by Gasteiger charge is -2.26. The summed E-state index contributed by atoms with van der Waals surface area (Å²) in [6.45, 7) is 2.64. The van der Waals surface area contributed by atoms with E-state index in [1.165, 1.54) is 12.8 Å². The van der Waals surface area contributed by atoms with E-state index in [0.29, 0.717) is 12.1 Å². The Balaban J connectivity index is 1.42. The highest BCUT2D eigenvalue weighted by Gasteiger charge is 2.26. The number of hydrogen-bond acceptors (Lipinski definition) is 3. The molecule has 2 aromatic heterocycles. The number of benzene rings is 1. The first kappa shape index (κ1) is 16.7. The molecule has 0 saturated carbocycles. The Morgan fingerprint density at radius 3 is 2.42 bits per heavy atom. The molecule has 3 heterocycles. The lowest BCUT2D eigenvalue weighted by molar-refractivity contribution is 0.0934. The van der Waals surface area contributed by atoms with Crippen LogP contribution in [0.4, 0.5) is 0 Å². The highest BCUT2D eigenvalue weighted by atomic mass is 16.3. The maximum atomic E-state index is 12.6. The summed E-state index contributed by atoms with van der Waals surface area (Å²) < 4.78 is 7.62. The first-order valence-corrected chi connectivity index (χ1v) is 9.10. The highest BCUT2D eigenvalue weighted by molar-refractivity contribution is 5.94. The van der Waals surface area contributed by atoms with Crippen molar-refractivity contribution in [3.63, 3.8) is 0 Å². The van der Waals surface area contributed by atoms with Gasteiger partial charge in [0, 0.05) is 30.2 Å². The Kier molecular flexibility index (Phi) is 4.88. The Morgan fingerprint density at radius 1 is 1.04 bits per heavy atom. The van der Waals surface area contributed by atoms with Gasteiger partial charge in [-0.2, -0.15) is 0 Å². The van der Waals surface area contributed by atoms with Gasteiger partial charge in [-0.1, -0.05) is 0 Å². The van der Waals surface area contributed by atoms with Gasteiger partial charge in [0.15, 0.2) is 0 Å². The van der Waals surface area contributed by atoms with Crippen LogP contribution in [0.5, 0.6) is 0 Å². The molecule has 1 atom stereocenters. The summed E-state index contributed by atoms with van der Waals surface area (Å²) in [5.41, 5.74) is 1.71. The molecule has 0 spiro atoms. The first-order valence-electron chi connectivity index (χ1n) is 9.10. The van der Waals surface area contributed by atoms with Crippen molar-refractivity contribution in [2.24, 2.45) is 0 Å². The molecule has 5 heteroatoms. The van der Waals surface area contributed by atoms with Crippen molar-refractivity contribution in [2.45, 2.75) is 18.9 Å². The number of likely N-dealkylation sites (tertiary alicyclic amines) is 1. The van der Waals surface area contributed by atoms with Gasteiger partial charge in [-0.3, -0.25) is 9.69 Å². The summed E-state index contributed by atoms with van der Waals surface area (Å²) in [5, 5.41) is 3.07. The van der Waals surface area contributed by atoms with E-state index in [-0.39, 0.29) is 11.9 Å². The summed E-state index contributed by atoms with van der Waals surface area (Å²) in [6.07, 6.45) is 8.07. The molecule has 5 nitrogen and oxygen atoms in total. The second-order valence-corrected chi connectivity index (χ2v) is 6.62. The smallest absolute Gasteiger partial charge is 0.251 e. The molecular weight excluding hydrogens is 326 g/mol. The zero-order valence-electron chi connectivity index (χ0n) is 14.7. The predicted octanol–water partition coefficient (Wildman–Crippen LogP) is 3.64. The molecule has 1 N–H and O–H groups in total. The Hall–Kier alpha value is -2.79. The molecule has 0 aliphatic carbocycles. The van der Waals surface area contributed by atoms with Gasteiger partial charge in [0.1, 0.15) is 5.76 Å². The minimum Gasteiger partial charge on any atom is -0.468 e. The molecule has 1 amide bonds. The monoisotopic (exact) mass is 349 g/mol. The van der Waals surface area contributed by atoms with E-state index in [2.05, 4.69) is 10.2 Å². The van der Waals surface area contributed by atoms with Crippen LogP contribution < -0.4 is 5.32 Å². The first-order chi connectivity index (χ1) is 12.8. The predicted molar refractivity (Wildman–Crippen MR) is 100 cm³/mol. The lowest BCUT2D eigenvalue weighted by atomic mass is 10.1. The molecule has 1 saturated heterocycles. The van der Waals surface area contributed by atoms with Crippen molar-refractivity contribution in [3.05, 3.63) is 78.5 Å². The van der Waals surface area contributed by atoms with Crippen LogP contribution in [0.25, 0.3) is 5.69 Å². The molecule has 3 aromatic rings. The number of hydrogen-bond donors (Lipinski definition) is 1. The average molecular weight is 349 g/mol. The SMILES string of the molecule is O=C(NCC(c1ccco1)N1CCCC1)c1ccc(-n2cccc2)cc1. The highest BCUT2D eigenvalue weighted by Crippen LogP contribution is 2.25. The zero-order valence-corrected chi connectivity index (χ0v) is 14.7. The quantitative estimate of drug-likeness (QED) is 0.739. The second kappa shape index (κ2) is 7.62. The fourth-order valence-electron chi connectivity index (χ4n) is 3.53. The largest absolute Gasteiger partial charge is 0.468 e. The Labute approximate surface area is 153 Å². The minimum absolute atomic E-state index is 0.0557. The Morgan fingerprint density at radius 2 is 1.77 bits per heavy atom. The topological polar surface area (TPSA) is 50.4 Å². The maximum absolute atomic E-state index is 12.6. The molecule has 1 aliphatic rings. The van der Waals surface area contributed by atoms with Crippen molar-refractivity contribution < 1.29 is 9.21 Å². The number of nitrogens with one attached hydrogen (secondary N) is 1. The van der Waals surface area contributed by atoms with Gasteiger partial charge in [0.2, 0.25) is 0 Å². The molecule has 4 rings (SSSR count). The summed E-state index contributed by atoms with van der Waals surface area (Å²) in [6, 6.07) is 15.6. The average Bonchev–Trinajstić information content (AvgIpc) is 3.45. The van der Waals surface area contributed by atoms with Gasteiger partial charge in [0.25, 0.3) is 5.91 Å². The Bertz CT molecular complexity index is 817. The third kappa shape index (κ3) is 3.58. The fourth-order valence-corrected chi connectivity index (χ4v) is 3.53. The van der Waals surface area contributed by atoms with Crippen LogP contribution in [0.2, 0.25) is 0 Å². The van der Waals surface area contributed by atoms with E-state index < -0.39 is 0 Å². The molecule has 1 fully saturated rings. The van der Waals surface area contributed by atoms with E-state index in [4.69, 9.17) is 4.42 Å². The molecule has 26 heavy (non-hydrogen) atoms. The molecule has 0 bridgehead atoms. The number of nitrogens with zero attached hydrogens (tertiary/aromatic N) is 2. The fraction of sp³-hybridized carbons (Fsp3) is 0.286. The standard InChI is InChI=1S/C21H23N3O2/c25-21(17-7-9-18(10-8-17)23-11-1-2-12-23)22-16-19(20-6-5-15-26-20)24-13-3-4-14-24/h1-2,5-12,15,19H,3-4,13-14,16H2,(H,22,25). The summed E-state index contributed by atoms with van der Waals surface area (Å²) in [5.74, 6) is 0.856. The van der Waals surface area contributed by atoms with Crippen LogP contribution in [0.3, 0.4) is 0 Å². The van der Waals surface area contributed by atoms with Crippen LogP contribution in [0.15, 0.2) is 71.6 Å². The van der Waals surface area contributed by atoms with Gasteiger partial charge >= 0.3 is 0 Å². The van der Waals surface area contributed by atoms with Crippen LogP contribution in [0, 0.1) is 0 Å². The van der Waals surface area contributed by atoms with Crippen LogP contribution in [0.1, 0.15) is 35.0 Å². The molecule has 1 aliphatic heterocycles. The molecular formula is C21H23N3O2. The van der Waals surface area contributed by atoms with Gasteiger partial charge in [0.05, 0.1) is 12.3 Å². The molecule has 0 radical (unpaired) electrons. The number of carbonyl (C=O) groups excluding carboxylic acids is 1. The summed E-state index contributed by atoms with van der Waals surface area (Å²) >= 11 is 0. The van der Waals surface area contributed by atoms with E-state index in [0.717, 1.165) is 24.5 Å². The van der Waals surface area contributed by atoms with E-state index in [1.54, 1.807) is 6.26 Å². The summed E-state index contributed by atoms with van der Waals surface area (Å²) in [7, 11) is 0. The number of aromatic nitrogens is 1. The van der Waals surface area contributed by atoms with Crippen LogP contribution in [-0.2, 0) is 0 Å². The zero-order chi connectivity index (χ0) is 17.8. The number of furan rings is 1. The van der Waals surface area contributed by atoms with E-state index in [9.17, 15) is 4.79 Å². The van der Waals surface area contributed by atoms with Crippen LogP contribution in [-0.4, -0.2) is 35.0 Å². The van der Waals surface area contributed by atoms with Crippen molar-refractivity contribution in [2.75, 3.05) is 19.6 Å². The third-order valence-electron chi connectivity index (χ3n) is 4.94. The normalized spacial score (nSPS) is 15.8. The minimum atomic E-state index is -0.0557. The van der Waals surface area contributed by atoms with Crippen LogP contribution >= 0.6 is 0 Å². The number of rotatable bonds is 6. The molecule has 134 valence electrons. The molecule has 1 unspecified atom stereocenters. The summed E-state index contributed by atoms with van der Waals surface area (Å²) in [4.78, 5) is 14.9. The van der Waals surface area contributed by atoms with Crippen molar-refractivity contribution in [1.29, 1.82) is 0 Å². The maximum Gasteiger partial charge on any atom is 0.251 e.